The number of aryl methyl sites for hydroxylation is 2. The molecule has 0 unspecified atom stereocenters. The van der Waals surface area contributed by atoms with Crippen LogP contribution in [0.3, 0.4) is 0 Å². The smallest absolute Gasteiger partial charge is 0.248 e. The van der Waals surface area contributed by atoms with E-state index in [-0.39, 0.29) is 5.91 Å². The quantitative estimate of drug-likeness (QED) is 0.332. The number of nitrogens with one attached hydrogen (secondary N) is 1. The second kappa shape index (κ2) is 8.78. The molecule has 1 heterocycles. The molecule has 4 aromatic rings. The molecule has 0 saturated heterocycles. The van der Waals surface area contributed by atoms with Gasteiger partial charge in [-0.3, -0.25) is 4.79 Å². The summed E-state index contributed by atoms with van der Waals surface area (Å²) in [6.45, 7) is 4.09. The minimum atomic E-state index is -0.251. The van der Waals surface area contributed by atoms with Gasteiger partial charge in [0, 0.05) is 27.4 Å². The zero-order valence-electron chi connectivity index (χ0n) is 17.4. The van der Waals surface area contributed by atoms with Gasteiger partial charge in [0.1, 0.15) is 11.3 Å². The molecule has 0 aliphatic carbocycles. The summed E-state index contributed by atoms with van der Waals surface area (Å²) in [7, 11) is 1.60. The molecule has 0 bridgehead atoms. The van der Waals surface area contributed by atoms with Crippen molar-refractivity contribution in [1.29, 1.82) is 0 Å². The van der Waals surface area contributed by atoms with E-state index in [1.54, 1.807) is 25.3 Å². The van der Waals surface area contributed by atoms with Crippen LogP contribution in [0.25, 0.3) is 28.6 Å². The molecule has 0 aliphatic heterocycles. The van der Waals surface area contributed by atoms with Crippen molar-refractivity contribution in [2.45, 2.75) is 13.8 Å². The van der Waals surface area contributed by atoms with Crippen molar-refractivity contribution < 1.29 is 13.9 Å². The summed E-state index contributed by atoms with van der Waals surface area (Å²) in [4.78, 5) is 17.0. The number of aromatic nitrogens is 1. The Morgan fingerprint density at radius 1 is 1.06 bits per heavy atom. The Kier molecular flexibility index (Phi) is 5.91. The molecule has 0 fully saturated rings. The number of ether oxygens (including phenoxy) is 1. The van der Waals surface area contributed by atoms with Crippen LogP contribution in [-0.2, 0) is 4.79 Å². The number of anilines is 1. The maximum atomic E-state index is 12.4. The number of nitrogens with zero attached hydrogens (tertiary/aromatic N) is 1. The van der Waals surface area contributed by atoms with Crippen LogP contribution in [0, 0.1) is 13.8 Å². The molecule has 0 radical (unpaired) electrons. The summed E-state index contributed by atoms with van der Waals surface area (Å²) in [5.74, 6) is 1.00. The fourth-order valence-corrected chi connectivity index (χ4v) is 3.79. The molecule has 0 spiro atoms. The molecular formula is C25H21BrN2O3. The highest BCUT2D eigenvalue weighted by molar-refractivity contribution is 9.10. The summed E-state index contributed by atoms with van der Waals surface area (Å²) in [6.07, 6.45) is 3.18. The number of rotatable bonds is 5. The predicted molar refractivity (Wildman–Crippen MR) is 127 cm³/mol. The third-order valence-corrected chi connectivity index (χ3v) is 5.22. The van der Waals surface area contributed by atoms with Crippen molar-refractivity contribution in [3.8, 4) is 17.2 Å². The van der Waals surface area contributed by atoms with Gasteiger partial charge in [-0.05, 0) is 68.5 Å². The number of halogens is 1. The monoisotopic (exact) mass is 476 g/mol. The van der Waals surface area contributed by atoms with Gasteiger partial charge in [-0.1, -0.05) is 33.1 Å². The fraction of sp³-hybridized carbons (Fsp3) is 0.120. The third-order valence-electron chi connectivity index (χ3n) is 4.73. The van der Waals surface area contributed by atoms with Crippen molar-refractivity contribution in [2.75, 3.05) is 12.4 Å². The Morgan fingerprint density at radius 3 is 2.58 bits per heavy atom. The van der Waals surface area contributed by atoms with E-state index in [0.717, 1.165) is 26.7 Å². The average Bonchev–Trinajstić information content (AvgIpc) is 3.15. The highest BCUT2D eigenvalue weighted by Gasteiger charge is 2.10. The van der Waals surface area contributed by atoms with Gasteiger partial charge in [-0.25, -0.2) is 4.98 Å². The second-order valence-electron chi connectivity index (χ2n) is 7.29. The summed E-state index contributed by atoms with van der Waals surface area (Å²) in [6, 6.07) is 17.2. The first-order chi connectivity index (χ1) is 14.9. The van der Waals surface area contributed by atoms with Gasteiger partial charge in [0.2, 0.25) is 11.8 Å². The van der Waals surface area contributed by atoms with Gasteiger partial charge in [0.05, 0.1) is 7.11 Å². The summed E-state index contributed by atoms with van der Waals surface area (Å²) < 4.78 is 12.1. The van der Waals surface area contributed by atoms with E-state index < -0.39 is 0 Å². The van der Waals surface area contributed by atoms with E-state index in [0.29, 0.717) is 28.4 Å². The SMILES string of the molecule is COc1ccc(Br)cc1/C=C/C(=O)Nc1ccc2oc(-c3cc(C)cc(C)c3)nc2c1. The topological polar surface area (TPSA) is 64.4 Å². The van der Waals surface area contributed by atoms with E-state index in [1.165, 1.54) is 6.08 Å². The third kappa shape index (κ3) is 4.86. The van der Waals surface area contributed by atoms with Gasteiger partial charge >= 0.3 is 0 Å². The van der Waals surface area contributed by atoms with Crippen LogP contribution < -0.4 is 10.1 Å². The number of benzene rings is 3. The van der Waals surface area contributed by atoms with Crippen LogP contribution in [0.4, 0.5) is 5.69 Å². The minimum Gasteiger partial charge on any atom is -0.496 e. The van der Waals surface area contributed by atoms with Crippen LogP contribution in [0.1, 0.15) is 16.7 Å². The molecule has 6 heteroatoms. The fourth-order valence-electron chi connectivity index (χ4n) is 3.41. The Bertz CT molecular complexity index is 1290. The van der Waals surface area contributed by atoms with Gasteiger partial charge in [0.25, 0.3) is 0 Å². The number of methoxy groups -OCH3 is 1. The predicted octanol–water partition coefficient (Wildman–Crippen LogP) is 6.53. The lowest BCUT2D eigenvalue weighted by Gasteiger charge is -2.05. The van der Waals surface area contributed by atoms with Gasteiger partial charge in [0.15, 0.2) is 5.58 Å². The zero-order valence-corrected chi connectivity index (χ0v) is 19.0. The van der Waals surface area contributed by atoms with Crippen molar-refractivity contribution in [3.05, 3.63) is 81.8 Å². The molecule has 1 aromatic heterocycles. The van der Waals surface area contributed by atoms with Crippen molar-refractivity contribution in [1.82, 2.24) is 4.98 Å². The van der Waals surface area contributed by atoms with Crippen LogP contribution in [0.15, 0.2) is 69.6 Å². The first kappa shape index (κ1) is 20.9. The molecule has 0 atom stereocenters. The van der Waals surface area contributed by atoms with Crippen LogP contribution in [-0.4, -0.2) is 18.0 Å². The van der Waals surface area contributed by atoms with E-state index in [2.05, 4.69) is 32.3 Å². The van der Waals surface area contributed by atoms with E-state index in [4.69, 9.17) is 9.15 Å². The molecule has 31 heavy (non-hydrogen) atoms. The molecule has 5 nitrogen and oxygen atoms in total. The lowest BCUT2D eigenvalue weighted by atomic mass is 10.1. The van der Waals surface area contributed by atoms with Crippen LogP contribution in [0.5, 0.6) is 5.75 Å². The summed E-state index contributed by atoms with van der Waals surface area (Å²) in [5.41, 5.74) is 6.04. The molecule has 1 N–H and O–H groups in total. The second-order valence-corrected chi connectivity index (χ2v) is 8.20. The van der Waals surface area contributed by atoms with E-state index in [1.807, 2.05) is 50.2 Å². The number of fused-ring (bicyclic) bond motifs is 1. The first-order valence-electron chi connectivity index (χ1n) is 9.73. The van der Waals surface area contributed by atoms with Gasteiger partial charge in [-0.2, -0.15) is 0 Å². The summed E-state index contributed by atoms with van der Waals surface area (Å²) >= 11 is 3.43. The highest BCUT2D eigenvalue weighted by Crippen LogP contribution is 2.28. The van der Waals surface area contributed by atoms with Crippen molar-refractivity contribution in [2.24, 2.45) is 0 Å². The number of carbonyl (C=O) groups excluding carboxylic acids is 1. The van der Waals surface area contributed by atoms with Crippen LogP contribution in [0.2, 0.25) is 0 Å². The lowest BCUT2D eigenvalue weighted by molar-refractivity contribution is -0.111. The molecule has 1 amide bonds. The van der Waals surface area contributed by atoms with Crippen molar-refractivity contribution in [3.63, 3.8) is 0 Å². The molecule has 156 valence electrons. The maximum absolute atomic E-state index is 12.4. The van der Waals surface area contributed by atoms with Gasteiger partial charge < -0.3 is 14.5 Å². The maximum Gasteiger partial charge on any atom is 0.248 e. The van der Waals surface area contributed by atoms with Crippen LogP contribution >= 0.6 is 15.9 Å². The molecule has 4 rings (SSSR count). The van der Waals surface area contributed by atoms with E-state index >= 15 is 0 Å². The Balaban J connectivity index is 1.54. The molecule has 3 aromatic carbocycles. The minimum absolute atomic E-state index is 0.251. The lowest BCUT2D eigenvalue weighted by Crippen LogP contribution is -2.07. The zero-order chi connectivity index (χ0) is 22.0. The highest BCUT2D eigenvalue weighted by atomic mass is 79.9. The Hall–Kier alpha value is -3.38. The van der Waals surface area contributed by atoms with Gasteiger partial charge in [-0.15, -0.1) is 0 Å². The standard InChI is InChI=1S/C25H21BrN2O3/c1-15-10-16(2)12-18(11-15)25-28-21-14-20(6-8-23(21)31-25)27-24(29)9-4-17-13-19(26)5-7-22(17)30-3/h4-14H,1-3H3,(H,27,29)/b9-4+. The number of hydrogen-bond donors (Lipinski definition) is 1. The molecule has 0 aliphatic rings. The van der Waals surface area contributed by atoms with Crippen molar-refractivity contribution >= 4 is 44.7 Å². The summed E-state index contributed by atoms with van der Waals surface area (Å²) in [5, 5.41) is 2.86. The number of carbonyl (C=O) groups is 1. The normalized spacial score (nSPS) is 11.2. The molecule has 0 saturated carbocycles. The Labute approximate surface area is 188 Å². The van der Waals surface area contributed by atoms with E-state index in [9.17, 15) is 4.79 Å². The molecular weight excluding hydrogens is 456 g/mol. The largest absolute Gasteiger partial charge is 0.496 e. The number of hydrogen-bond acceptors (Lipinski definition) is 4. The first-order valence-corrected chi connectivity index (χ1v) is 10.5. The number of oxazole rings is 1. The number of amides is 1. The Morgan fingerprint density at radius 2 is 1.84 bits per heavy atom. The average molecular weight is 477 g/mol.